The molecule has 0 saturated carbocycles. The molecule has 1 unspecified atom stereocenters. The van der Waals surface area contributed by atoms with E-state index in [1.807, 2.05) is 0 Å². The van der Waals surface area contributed by atoms with Crippen molar-refractivity contribution in [1.29, 1.82) is 0 Å². The van der Waals surface area contributed by atoms with E-state index < -0.39 is 31.8 Å². The quantitative estimate of drug-likeness (QED) is 0.527. The molecule has 0 aliphatic rings. The van der Waals surface area contributed by atoms with Crippen LogP contribution in [0.25, 0.3) is 0 Å². The van der Waals surface area contributed by atoms with Crippen LogP contribution in [-0.2, 0) is 23.1 Å². The van der Waals surface area contributed by atoms with Gasteiger partial charge in [-0.05, 0) is 24.3 Å². The van der Waals surface area contributed by atoms with Crippen molar-refractivity contribution >= 4 is 13.6 Å². The van der Waals surface area contributed by atoms with Gasteiger partial charge in [-0.25, -0.2) is 9.18 Å². The minimum Gasteiger partial charge on any atom is -0.479 e. The lowest BCUT2D eigenvalue weighted by atomic mass is 10.3. The molecule has 2 aromatic rings. The van der Waals surface area contributed by atoms with Gasteiger partial charge >= 0.3 is 13.6 Å². The van der Waals surface area contributed by atoms with Gasteiger partial charge in [-0.2, -0.15) is 0 Å². The first-order chi connectivity index (χ1) is 11.5. The molecule has 0 aliphatic carbocycles. The van der Waals surface area contributed by atoms with Crippen molar-refractivity contribution in [3.63, 3.8) is 0 Å². The van der Waals surface area contributed by atoms with E-state index in [-0.39, 0.29) is 11.5 Å². The van der Waals surface area contributed by atoms with Crippen LogP contribution in [0.5, 0.6) is 5.75 Å². The molecule has 130 valence electrons. The lowest BCUT2D eigenvalue weighted by molar-refractivity contribution is -0.149. The number of furan rings is 1. The van der Waals surface area contributed by atoms with Gasteiger partial charge in [-0.15, -0.1) is 0 Å². The third-order valence-corrected chi connectivity index (χ3v) is 4.96. The molecule has 7 nitrogen and oxygen atoms in total. The van der Waals surface area contributed by atoms with E-state index >= 15 is 0 Å². The highest BCUT2D eigenvalue weighted by Gasteiger charge is 2.41. The Kier molecular flexibility index (Phi) is 6.14. The summed E-state index contributed by atoms with van der Waals surface area (Å²) in [5.41, 5.74) is 0. The van der Waals surface area contributed by atoms with Crippen LogP contribution in [0.4, 0.5) is 4.39 Å². The lowest BCUT2D eigenvalue weighted by Crippen LogP contribution is -2.19. The fourth-order valence-corrected chi connectivity index (χ4v) is 3.07. The summed E-state index contributed by atoms with van der Waals surface area (Å²) in [5, 5.41) is 0. The van der Waals surface area contributed by atoms with Crippen molar-refractivity contribution in [1.82, 2.24) is 0 Å². The SMILES string of the molecule is COP(=O)(OC)C(OC(=O)COc1ccccc1F)c1ccco1. The molecule has 0 fully saturated rings. The Bertz CT molecular complexity index is 708. The highest BCUT2D eigenvalue weighted by Crippen LogP contribution is 2.60. The van der Waals surface area contributed by atoms with Crippen LogP contribution in [0, 0.1) is 5.82 Å². The molecule has 0 spiro atoms. The summed E-state index contributed by atoms with van der Waals surface area (Å²) in [6.07, 6.45) is 1.32. The maximum atomic E-state index is 13.4. The number of hydrogen-bond acceptors (Lipinski definition) is 7. The number of benzene rings is 1. The zero-order valence-electron chi connectivity index (χ0n) is 13.0. The molecule has 1 heterocycles. The molecule has 0 aliphatic heterocycles. The molecular formula is C15H16FO7P. The van der Waals surface area contributed by atoms with Gasteiger partial charge in [0.05, 0.1) is 6.26 Å². The number of carbonyl (C=O) groups excluding carboxylic acids is 1. The van der Waals surface area contributed by atoms with Crippen molar-refractivity contribution in [3.8, 4) is 5.75 Å². The second-order valence-corrected chi connectivity index (χ2v) is 6.76. The highest BCUT2D eigenvalue weighted by molar-refractivity contribution is 7.54. The first-order valence-electron chi connectivity index (χ1n) is 6.81. The number of para-hydroxylation sites is 1. The lowest BCUT2D eigenvalue weighted by Gasteiger charge is -2.22. The van der Waals surface area contributed by atoms with Crippen LogP contribution >= 0.6 is 7.60 Å². The number of ether oxygens (including phenoxy) is 2. The van der Waals surface area contributed by atoms with E-state index in [0.717, 1.165) is 14.2 Å². The van der Waals surface area contributed by atoms with Gasteiger partial charge in [-0.3, -0.25) is 4.57 Å². The van der Waals surface area contributed by atoms with Crippen molar-refractivity contribution in [3.05, 3.63) is 54.2 Å². The van der Waals surface area contributed by atoms with E-state index in [1.54, 1.807) is 6.07 Å². The standard InChI is InChI=1S/C15H16FO7P/c1-19-24(18,20-2)15(13-8-5-9-21-13)23-14(17)10-22-12-7-4-3-6-11(12)16/h3-9,15H,10H2,1-2H3. The third kappa shape index (κ3) is 4.23. The van der Waals surface area contributed by atoms with E-state index in [0.29, 0.717) is 0 Å². The molecule has 0 saturated heterocycles. The Balaban J connectivity index is 2.08. The van der Waals surface area contributed by atoms with Gasteiger partial charge in [0.15, 0.2) is 23.9 Å². The average Bonchev–Trinajstić information content (AvgIpc) is 3.12. The Labute approximate surface area is 137 Å². The van der Waals surface area contributed by atoms with Crippen LogP contribution in [0.3, 0.4) is 0 Å². The van der Waals surface area contributed by atoms with Crippen LogP contribution in [0.1, 0.15) is 11.6 Å². The molecular weight excluding hydrogens is 342 g/mol. The van der Waals surface area contributed by atoms with Gasteiger partial charge in [0.2, 0.25) is 0 Å². The van der Waals surface area contributed by atoms with Crippen LogP contribution < -0.4 is 4.74 Å². The predicted octanol–water partition coefficient (Wildman–Crippen LogP) is 3.53. The summed E-state index contributed by atoms with van der Waals surface area (Å²) in [5.74, 6) is -2.94. The van der Waals surface area contributed by atoms with Gasteiger partial charge in [0.25, 0.3) is 5.85 Å². The molecule has 9 heteroatoms. The molecule has 0 amide bonds. The number of rotatable bonds is 8. The first kappa shape index (κ1) is 18.2. The zero-order chi connectivity index (χ0) is 17.6. The number of hydrogen-bond donors (Lipinski definition) is 0. The molecule has 2 rings (SSSR count). The van der Waals surface area contributed by atoms with Crippen molar-refractivity contribution < 1.29 is 36.7 Å². The second kappa shape index (κ2) is 8.10. The van der Waals surface area contributed by atoms with Gasteiger partial charge < -0.3 is 22.9 Å². The molecule has 0 radical (unpaired) electrons. The topological polar surface area (TPSA) is 84.2 Å². The summed E-state index contributed by atoms with van der Waals surface area (Å²) in [6, 6.07) is 8.58. The van der Waals surface area contributed by atoms with E-state index in [1.165, 1.54) is 36.6 Å². The maximum absolute atomic E-state index is 13.4. The van der Waals surface area contributed by atoms with E-state index in [2.05, 4.69) is 0 Å². The summed E-state index contributed by atoms with van der Waals surface area (Å²) < 4.78 is 51.0. The molecule has 1 aromatic heterocycles. The average molecular weight is 358 g/mol. The summed E-state index contributed by atoms with van der Waals surface area (Å²) in [6.45, 7) is -0.592. The van der Waals surface area contributed by atoms with Crippen LogP contribution in [-0.4, -0.2) is 26.8 Å². The Morgan fingerprint density at radius 1 is 1.21 bits per heavy atom. The van der Waals surface area contributed by atoms with Crippen LogP contribution in [0.15, 0.2) is 47.1 Å². The van der Waals surface area contributed by atoms with E-state index in [9.17, 15) is 13.8 Å². The maximum Gasteiger partial charge on any atom is 0.378 e. The largest absolute Gasteiger partial charge is 0.479 e. The summed E-state index contributed by atoms with van der Waals surface area (Å²) in [7, 11) is -1.49. The fourth-order valence-electron chi connectivity index (χ4n) is 1.83. The smallest absolute Gasteiger partial charge is 0.378 e. The molecule has 0 N–H and O–H groups in total. The first-order valence-corrected chi connectivity index (χ1v) is 8.42. The van der Waals surface area contributed by atoms with Crippen LogP contribution in [0.2, 0.25) is 0 Å². The van der Waals surface area contributed by atoms with Gasteiger partial charge in [0, 0.05) is 14.2 Å². The van der Waals surface area contributed by atoms with Gasteiger partial charge in [0.1, 0.15) is 0 Å². The minimum atomic E-state index is -3.81. The molecule has 24 heavy (non-hydrogen) atoms. The van der Waals surface area contributed by atoms with Crippen molar-refractivity contribution in [2.75, 3.05) is 20.8 Å². The van der Waals surface area contributed by atoms with Gasteiger partial charge in [-0.1, -0.05) is 12.1 Å². The fraction of sp³-hybridized carbons (Fsp3) is 0.267. The Morgan fingerprint density at radius 3 is 2.50 bits per heavy atom. The van der Waals surface area contributed by atoms with Crippen molar-refractivity contribution in [2.45, 2.75) is 5.85 Å². The summed E-state index contributed by atoms with van der Waals surface area (Å²) in [4.78, 5) is 12.0. The molecule has 1 aromatic carbocycles. The normalized spacial score (nSPS) is 12.6. The zero-order valence-corrected chi connectivity index (χ0v) is 13.9. The van der Waals surface area contributed by atoms with E-state index in [4.69, 9.17) is 22.9 Å². The number of esters is 1. The third-order valence-electron chi connectivity index (χ3n) is 3.01. The number of carbonyl (C=O) groups is 1. The van der Waals surface area contributed by atoms with Crippen molar-refractivity contribution in [2.24, 2.45) is 0 Å². The predicted molar refractivity (Wildman–Crippen MR) is 81.1 cm³/mol. The monoisotopic (exact) mass is 358 g/mol. The number of halogens is 1. The Hall–Kier alpha value is -2.15. The Morgan fingerprint density at radius 2 is 1.92 bits per heavy atom. The minimum absolute atomic E-state index is 0.0845. The molecule has 1 atom stereocenters. The molecule has 0 bridgehead atoms. The highest BCUT2D eigenvalue weighted by atomic mass is 31.2. The second-order valence-electron chi connectivity index (χ2n) is 4.48. The summed E-state index contributed by atoms with van der Waals surface area (Å²) >= 11 is 0.